The number of imidazole rings is 1. The van der Waals surface area contributed by atoms with Crippen molar-refractivity contribution in [2.24, 2.45) is 7.05 Å². The van der Waals surface area contributed by atoms with Crippen molar-refractivity contribution in [3.63, 3.8) is 0 Å². The molecular weight excluding hydrogens is 675 g/mol. The van der Waals surface area contributed by atoms with Gasteiger partial charge in [-0.15, -0.1) is 0 Å². The van der Waals surface area contributed by atoms with Gasteiger partial charge in [0.1, 0.15) is 0 Å². The zero-order valence-electron chi connectivity index (χ0n) is 11.7. The van der Waals surface area contributed by atoms with Gasteiger partial charge < -0.3 is 0 Å². The summed E-state index contributed by atoms with van der Waals surface area (Å²) in [7, 11) is -0.124. The van der Waals surface area contributed by atoms with Crippen LogP contribution in [0.3, 0.4) is 0 Å². The molecule has 4 nitrogen and oxygen atoms in total. The summed E-state index contributed by atoms with van der Waals surface area (Å²) in [5.41, 5.74) is 1.24. The van der Waals surface area contributed by atoms with E-state index in [9.17, 15) is 0 Å². The number of hydrogen-bond acceptors (Lipinski definition) is 2. The SMILES string of the molecule is Cn1ccn(-c2ccccc2)[c]1=[Pt]([I])([I])[N]1CCOCC1. The molecule has 1 aromatic carbocycles. The quantitative estimate of drug-likeness (QED) is 0.451. The zero-order valence-corrected chi connectivity index (χ0v) is 18.3. The molecule has 1 aliphatic heterocycles. The Bertz CT molecular complexity index is 699. The molecule has 1 aliphatic rings. The molecule has 7 heteroatoms. The summed E-state index contributed by atoms with van der Waals surface area (Å²) < 4.78 is 14.3. The summed E-state index contributed by atoms with van der Waals surface area (Å²) in [6, 6.07) is 10.6. The summed E-state index contributed by atoms with van der Waals surface area (Å²) in [6.45, 7) is 3.80. The fourth-order valence-corrected chi connectivity index (χ4v) is 18.5. The van der Waals surface area contributed by atoms with Gasteiger partial charge in [-0.3, -0.25) is 0 Å². The van der Waals surface area contributed by atoms with E-state index in [0.29, 0.717) is 0 Å². The van der Waals surface area contributed by atoms with Crippen LogP contribution in [-0.2, 0) is 20.3 Å². The van der Waals surface area contributed by atoms with E-state index in [1.54, 1.807) is 0 Å². The van der Waals surface area contributed by atoms with Gasteiger partial charge in [-0.05, 0) is 0 Å². The first-order valence-corrected chi connectivity index (χ1v) is 21.7. The van der Waals surface area contributed by atoms with Crippen LogP contribution < -0.4 is 0 Å². The first kappa shape index (κ1) is 16.4. The summed E-state index contributed by atoms with van der Waals surface area (Å²) in [5.74, 6) is 0. The summed E-state index contributed by atoms with van der Waals surface area (Å²) in [4.78, 5) is 0. The first-order valence-electron chi connectivity index (χ1n) is 6.63. The van der Waals surface area contributed by atoms with E-state index < -0.39 is 8.49 Å². The number of nitrogens with zero attached hydrogens (tertiary/aromatic N) is 3. The molecule has 1 saturated heterocycles. The van der Waals surface area contributed by atoms with Crippen LogP contribution in [0.4, 0.5) is 0 Å². The maximum atomic E-state index is 5.52. The first-order chi connectivity index (χ1) is 10.1. The molecule has 0 saturated carbocycles. The van der Waals surface area contributed by atoms with Gasteiger partial charge in [0, 0.05) is 0 Å². The molecule has 0 aliphatic carbocycles. The van der Waals surface area contributed by atoms with Gasteiger partial charge in [0.05, 0.1) is 0 Å². The average Bonchev–Trinajstić information content (AvgIpc) is 2.91. The van der Waals surface area contributed by atoms with Crippen molar-refractivity contribution < 1.29 is 13.2 Å². The average molecular weight is 693 g/mol. The molecule has 3 rings (SSSR count). The number of benzene rings is 1. The number of aromatic nitrogens is 2. The number of rotatable bonds is 2. The Morgan fingerprint density at radius 3 is 2.38 bits per heavy atom. The summed E-state index contributed by atoms with van der Waals surface area (Å²) in [5, 5.41) is 0. The van der Waals surface area contributed by atoms with E-state index >= 15 is 0 Å². The monoisotopic (exact) mass is 693 g/mol. The van der Waals surface area contributed by atoms with Gasteiger partial charge >= 0.3 is 150 Å². The Kier molecular flexibility index (Phi) is 5.41. The minimum atomic E-state index is -2.28. The maximum absolute atomic E-state index is 5.52. The summed E-state index contributed by atoms with van der Waals surface area (Å²) in [6.07, 6.45) is 4.35. The number of aryl methyl sites for hydroxylation is 1. The Labute approximate surface area is 148 Å². The fraction of sp³-hybridized carbons (Fsp3) is 0.357. The van der Waals surface area contributed by atoms with Gasteiger partial charge in [-0.25, -0.2) is 0 Å². The molecule has 0 bridgehead atoms. The van der Waals surface area contributed by atoms with Crippen molar-refractivity contribution in [1.29, 1.82) is 0 Å². The van der Waals surface area contributed by atoms with Gasteiger partial charge in [-0.2, -0.15) is 0 Å². The summed E-state index contributed by atoms with van der Waals surface area (Å²) >= 11 is 5.46. The van der Waals surface area contributed by atoms with E-state index in [0.717, 1.165) is 26.3 Å². The standard InChI is InChI=1S/C10H10N2.C4H8NO.2HI.Pt/c1-11-7-8-12(9-11)10-5-3-2-4-6-10;1-3-6-4-2-5-1;;;/h2-8H,1H3;1-4H2;2*1H;/q;-1;;;+3/p-2. The van der Waals surface area contributed by atoms with Crippen LogP contribution in [0, 0.1) is 3.80 Å². The number of hydrogen-bond donors (Lipinski definition) is 0. The fourth-order valence-electron chi connectivity index (χ4n) is 2.25. The van der Waals surface area contributed by atoms with E-state index in [2.05, 4.69) is 101 Å². The van der Waals surface area contributed by atoms with Crippen LogP contribution in [0.1, 0.15) is 0 Å². The van der Waals surface area contributed by atoms with Crippen LogP contribution in [0.15, 0.2) is 42.7 Å². The molecule has 119 valence electrons. The molecule has 0 N–H and O–H groups in total. The third-order valence-corrected chi connectivity index (χ3v) is 20.7. The minimum absolute atomic E-state index is 0.854. The molecule has 1 aromatic heterocycles. The zero-order chi connectivity index (χ0) is 14.9. The van der Waals surface area contributed by atoms with Crippen molar-refractivity contribution >= 4 is 38.7 Å². The Balaban J connectivity index is 2.21. The van der Waals surface area contributed by atoms with Gasteiger partial charge in [-0.1, -0.05) is 0 Å². The van der Waals surface area contributed by atoms with Crippen molar-refractivity contribution in [1.82, 2.24) is 12.6 Å². The Morgan fingerprint density at radius 2 is 1.71 bits per heavy atom. The predicted molar refractivity (Wildman–Crippen MR) is 98.4 cm³/mol. The van der Waals surface area contributed by atoms with Crippen LogP contribution in [0.5, 0.6) is 0 Å². The number of ether oxygens (including phenoxy) is 1. The van der Waals surface area contributed by atoms with Gasteiger partial charge in [0.2, 0.25) is 0 Å². The van der Waals surface area contributed by atoms with Crippen LogP contribution >= 0.6 is 38.7 Å². The molecular formula is C14H18I2N3OPt. The Morgan fingerprint density at radius 1 is 1.05 bits per heavy atom. The molecule has 0 spiro atoms. The van der Waals surface area contributed by atoms with Crippen LogP contribution in [0.25, 0.3) is 5.69 Å². The molecule has 21 heavy (non-hydrogen) atoms. The van der Waals surface area contributed by atoms with Gasteiger partial charge in [0.25, 0.3) is 0 Å². The number of halogens is 2. The van der Waals surface area contributed by atoms with Crippen molar-refractivity contribution in [2.45, 2.75) is 0 Å². The van der Waals surface area contributed by atoms with E-state index in [4.69, 9.17) is 4.74 Å². The Hall–Kier alpha value is 0.498. The van der Waals surface area contributed by atoms with Crippen LogP contribution in [0.2, 0.25) is 0 Å². The van der Waals surface area contributed by atoms with Crippen LogP contribution in [-0.4, -0.2) is 38.9 Å². The molecule has 0 unspecified atom stereocenters. The van der Waals surface area contributed by atoms with E-state index in [1.807, 2.05) is 0 Å². The van der Waals surface area contributed by atoms with E-state index in [1.165, 1.54) is 9.49 Å². The molecule has 0 amide bonds. The second kappa shape index (κ2) is 6.94. The molecule has 0 radical (unpaired) electrons. The third kappa shape index (κ3) is 3.39. The third-order valence-electron chi connectivity index (χ3n) is 3.28. The van der Waals surface area contributed by atoms with Crippen molar-refractivity contribution in [3.05, 3.63) is 46.5 Å². The normalized spacial score (nSPS) is 17.9. The molecule has 2 heterocycles. The van der Waals surface area contributed by atoms with Crippen molar-refractivity contribution in [2.75, 3.05) is 26.3 Å². The van der Waals surface area contributed by atoms with Crippen molar-refractivity contribution in [3.8, 4) is 5.69 Å². The second-order valence-corrected chi connectivity index (χ2v) is 36.4. The number of para-hydroxylation sites is 1. The van der Waals surface area contributed by atoms with Gasteiger partial charge in [0.15, 0.2) is 0 Å². The molecule has 2 aromatic rings. The second-order valence-electron chi connectivity index (χ2n) is 4.68. The predicted octanol–water partition coefficient (Wildman–Crippen LogP) is 3.45. The van der Waals surface area contributed by atoms with E-state index in [-0.39, 0.29) is 0 Å². The number of morpholine rings is 1. The molecule has 0 atom stereocenters. The topological polar surface area (TPSA) is 22.3 Å². The molecule has 1 fully saturated rings.